The molecule has 0 bridgehead atoms. The third kappa shape index (κ3) is 10.3. The number of nitrogens with zero attached hydrogens (tertiary/aromatic N) is 3. The van der Waals surface area contributed by atoms with Crippen LogP contribution in [0.25, 0.3) is 21.3 Å². The molecule has 0 unspecified atom stereocenters. The Bertz CT molecular complexity index is 1500. The Labute approximate surface area is 291 Å². The van der Waals surface area contributed by atoms with Crippen molar-refractivity contribution in [1.82, 2.24) is 14.8 Å². The van der Waals surface area contributed by atoms with Crippen molar-refractivity contribution in [3.05, 3.63) is 45.9 Å². The van der Waals surface area contributed by atoms with Gasteiger partial charge >= 0.3 is 0 Å². The number of aryl methyl sites for hydroxylation is 1. The van der Waals surface area contributed by atoms with Gasteiger partial charge in [-0.25, -0.2) is 0 Å². The topological polar surface area (TPSA) is 126 Å². The van der Waals surface area contributed by atoms with E-state index >= 15 is 0 Å². The molecule has 4 heterocycles. The molecule has 0 aliphatic carbocycles. The second-order valence-electron chi connectivity index (χ2n) is 12.0. The van der Waals surface area contributed by atoms with Crippen LogP contribution >= 0.6 is 22.9 Å². The van der Waals surface area contributed by atoms with E-state index in [0.717, 1.165) is 63.3 Å². The number of carbonyl (C=O) groups excluding carboxylic acids is 2. The number of benzene rings is 1. The standard InChI is InChI=1S/C35H47ClN4O7S/c1-25-21-26(36)22-30(29-4-9-38-31-23-28(48-35(29)31)24-40-10-2-3-32(40)41)34(25)47-27-5-11-39(12-6-27)33(42)7-13-43-15-17-45-19-20-46-18-16-44-14-8-37/h4,9,21-23,27H,2-3,5-8,10-20,24,37H2,1H3. The SMILES string of the molecule is Cc1cc(Cl)cc(-c2ccnc3cc(CN4CCCC4=O)sc23)c1OC1CCN(C(=O)CCOCCOCCOCCOCCN)CC1. The number of ether oxygens (including phenoxy) is 5. The zero-order valence-corrected chi connectivity index (χ0v) is 29.3. The van der Waals surface area contributed by atoms with E-state index in [4.69, 9.17) is 41.0 Å². The second kappa shape index (κ2) is 18.8. The van der Waals surface area contributed by atoms with E-state index in [1.54, 1.807) is 11.3 Å². The highest BCUT2D eigenvalue weighted by atomic mass is 35.5. The summed E-state index contributed by atoms with van der Waals surface area (Å²) in [5, 5.41) is 0.641. The van der Waals surface area contributed by atoms with Gasteiger partial charge in [-0.3, -0.25) is 14.6 Å². The number of aromatic nitrogens is 1. The van der Waals surface area contributed by atoms with Gasteiger partial charge in [0.05, 0.1) is 76.0 Å². The summed E-state index contributed by atoms with van der Waals surface area (Å²) in [7, 11) is 0. The molecule has 11 nitrogen and oxygen atoms in total. The molecular formula is C35H47ClN4O7S. The van der Waals surface area contributed by atoms with Crippen molar-refractivity contribution >= 4 is 45.0 Å². The molecule has 262 valence electrons. The lowest BCUT2D eigenvalue weighted by Crippen LogP contribution is -2.42. The molecule has 2 fully saturated rings. The molecule has 2 N–H and O–H groups in total. The summed E-state index contributed by atoms with van der Waals surface area (Å²) in [6.07, 6.45) is 5.14. The van der Waals surface area contributed by atoms with Crippen molar-refractivity contribution in [3.63, 3.8) is 0 Å². The number of rotatable bonds is 19. The fourth-order valence-corrected chi connectivity index (χ4v) is 7.41. The molecule has 2 amide bonds. The molecule has 3 aromatic rings. The Morgan fingerprint density at radius 1 is 0.958 bits per heavy atom. The average Bonchev–Trinajstić information content (AvgIpc) is 3.69. The molecule has 13 heteroatoms. The number of amides is 2. The highest BCUT2D eigenvalue weighted by Gasteiger charge is 2.26. The van der Waals surface area contributed by atoms with E-state index < -0.39 is 0 Å². The van der Waals surface area contributed by atoms with E-state index in [0.29, 0.717) is 96.9 Å². The maximum Gasteiger partial charge on any atom is 0.224 e. The summed E-state index contributed by atoms with van der Waals surface area (Å²) < 4.78 is 29.5. The second-order valence-corrected chi connectivity index (χ2v) is 13.6. The zero-order chi connectivity index (χ0) is 33.7. The number of fused-ring (bicyclic) bond motifs is 1. The highest BCUT2D eigenvalue weighted by molar-refractivity contribution is 7.19. The minimum atomic E-state index is -0.0269. The Morgan fingerprint density at radius 3 is 2.31 bits per heavy atom. The van der Waals surface area contributed by atoms with Gasteiger partial charge in [0.1, 0.15) is 11.9 Å². The van der Waals surface area contributed by atoms with E-state index in [-0.39, 0.29) is 17.9 Å². The lowest BCUT2D eigenvalue weighted by atomic mass is 10.0. The monoisotopic (exact) mass is 702 g/mol. The van der Waals surface area contributed by atoms with Gasteiger partial charge in [-0.05, 0) is 43.2 Å². The summed E-state index contributed by atoms with van der Waals surface area (Å²) in [5.41, 5.74) is 9.17. The first-order valence-electron chi connectivity index (χ1n) is 16.8. The number of likely N-dealkylation sites (tertiary alicyclic amines) is 2. The largest absolute Gasteiger partial charge is 0.489 e. The number of hydrogen-bond acceptors (Lipinski definition) is 10. The van der Waals surface area contributed by atoms with Crippen LogP contribution in [0.15, 0.2) is 30.5 Å². The molecule has 48 heavy (non-hydrogen) atoms. The number of hydrogen-bond donors (Lipinski definition) is 1. The number of carbonyl (C=O) groups is 2. The fraction of sp³-hybridized carbons (Fsp3) is 0.571. The quantitative estimate of drug-likeness (QED) is 0.175. The van der Waals surface area contributed by atoms with Crippen LogP contribution in [-0.2, 0) is 35.1 Å². The van der Waals surface area contributed by atoms with Crippen molar-refractivity contribution in [2.24, 2.45) is 5.73 Å². The molecule has 0 atom stereocenters. The maximum atomic E-state index is 12.8. The van der Waals surface area contributed by atoms with E-state index in [9.17, 15) is 9.59 Å². The van der Waals surface area contributed by atoms with Gasteiger partial charge in [0.2, 0.25) is 11.8 Å². The van der Waals surface area contributed by atoms with Crippen molar-refractivity contribution in [2.75, 3.05) is 79.0 Å². The van der Waals surface area contributed by atoms with Crippen molar-refractivity contribution in [3.8, 4) is 16.9 Å². The third-order valence-electron chi connectivity index (χ3n) is 8.43. The highest BCUT2D eigenvalue weighted by Crippen LogP contribution is 2.42. The Hall–Kier alpha value is -2.84. The van der Waals surface area contributed by atoms with Crippen LogP contribution in [0, 0.1) is 6.92 Å². The molecule has 2 aliphatic rings. The van der Waals surface area contributed by atoms with Crippen molar-refractivity contribution in [2.45, 2.75) is 51.7 Å². The van der Waals surface area contributed by atoms with Gasteiger partial charge in [0.15, 0.2) is 0 Å². The Kier molecular flexibility index (Phi) is 14.3. The van der Waals surface area contributed by atoms with Crippen LogP contribution < -0.4 is 10.5 Å². The third-order valence-corrected chi connectivity index (χ3v) is 9.79. The Morgan fingerprint density at radius 2 is 1.65 bits per heavy atom. The van der Waals surface area contributed by atoms with Crippen molar-refractivity contribution < 1.29 is 33.3 Å². The average molecular weight is 703 g/mol. The first-order valence-corrected chi connectivity index (χ1v) is 18.0. The molecule has 0 saturated carbocycles. The lowest BCUT2D eigenvalue weighted by molar-refractivity contribution is -0.134. The number of piperidine rings is 1. The summed E-state index contributed by atoms with van der Waals surface area (Å²) in [4.78, 5) is 34.6. The minimum Gasteiger partial charge on any atom is -0.489 e. The van der Waals surface area contributed by atoms with Gasteiger partial charge in [0.25, 0.3) is 0 Å². The maximum absolute atomic E-state index is 12.8. The molecule has 2 saturated heterocycles. The molecule has 0 spiro atoms. The molecule has 2 aliphatic heterocycles. The molecule has 0 radical (unpaired) electrons. The van der Waals surface area contributed by atoms with Gasteiger partial charge < -0.3 is 39.2 Å². The first-order chi connectivity index (χ1) is 23.4. The number of thiophene rings is 1. The zero-order valence-electron chi connectivity index (χ0n) is 27.8. The van der Waals surface area contributed by atoms with E-state index in [2.05, 4.69) is 11.1 Å². The molecule has 2 aromatic heterocycles. The normalized spacial score (nSPS) is 15.6. The first kappa shape index (κ1) is 36.4. The lowest BCUT2D eigenvalue weighted by Gasteiger charge is -2.33. The fourth-order valence-electron chi connectivity index (χ4n) is 5.98. The predicted octanol–water partition coefficient (Wildman–Crippen LogP) is 4.83. The number of pyridine rings is 1. The van der Waals surface area contributed by atoms with E-state index in [1.165, 1.54) is 0 Å². The van der Waals surface area contributed by atoms with Crippen LogP contribution in [0.3, 0.4) is 0 Å². The molecular weight excluding hydrogens is 656 g/mol. The van der Waals surface area contributed by atoms with Crippen molar-refractivity contribution in [1.29, 1.82) is 0 Å². The van der Waals surface area contributed by atoms with Gasteiger partial charge in [-0.15, -0.1) is 11.3 Å². The van der Waals surface area contributed by atoms with Crippen LogP contribution in [0.2, 0.25) is 5.02 Å². The summed E-state index contributed by atoms with van der Waals surface area (Å²) in [6.45, 7) is 9.01. The summed E-state index contributed by atoms with van der Waals surface area (Å²) in [6, 6.07) is 7.98. The smallest absolute Gasteiger partial charge is 0.224 e. The van der Waals surface area contributed by atoms with E-state index in [1.807, 2.05) is 41.1 Å². The predicted molar refractivity (Wildman–Crippen MR) is 187 cm³/mol. The van der Waals surface area contributed by atoms with Crippen LogP contribution in [0.5, 0.6) is 5.75 Å². The van der Waals surface area contributed by atoms with Crippen LogP contribution in [-0.4, -0.2) is 112 Å². The van der Waals surface area contributed by atoms with Gasteiger partial charge in [-0.1, -0.05) is 11.6 Å². The Balaban J connectivity index is 1.08. The summed E-state index contributed by atoms with van der Waals surface area (Å²) >= 11 is 8.25. The minimum absolute atomic E-state index is 0.0269. The molecule has 5 rings (SSSR count). The number of halogens is 1. The van der Waals surface area contributed by atoms with Crippen LogP contribution in [0.4, 0.5) is 0 Å². The number of nitrogens with two attached hydrogens (primary N) is 1. The summed E-state index contributed by atoms with van der Waals surface area (Å²) in [5.74, 6) is 1.11. The van der Waals surface area contributed by atoms with Gasteiger partial charge in [-0.2, -0.15) is 0 Å². The molecule has 1 aromatic carbocycles. The van der Waals surface area contributed by atoms with Gasteiger partial charge in [0, 0.05) is 72.7 Å². The van der Waals surface area contributed by atoms with Crippen LogP contribution in [0.1, 0.15) is 42.5 Å².